The highest BCUT2D eigenvalue weighted by molar-refractivity contribution is 5.85. The zero-order valence-electron chi connectivity index (χ0n) is 16.3. The Morgan fingerprint density at radius 2 is 1.68 bits per heavy atom. The van der Waals surface area contributed by atoms with Gasteiger partial charge >= 0.3 is 0 Å². The Bertz CT molecular complexity index is 1060. The second kappa shape index (κ2) is 8.03. The van der Waals surface area contributed by atoms with E-state index < -0.39 is 0 Å². The van der Waals surface area contributed by atoms with E-state index in [0.717, 1.165) is 10.9 Å². The maximum absolute atomic E-state index is 15.0. The number of allylic oxidation sites excluding steroid dienone is 1. The number of aryl methyl sites for hydroxylation is 1. The smallest absolute Gasteiger partial charge is 0.146 e. The molecular weight excluding hydrogens is 343 g/mol. The van der Waals surface area contributed by atoms with Gasteiger partial charge in [-0.1, -0.05) is 59.9 Å². The lowest BCUT2D eigenvalue weighted by atomic mass is 9.78. The third-order valence-electron chi connectivity index (χ3n) is 5.95. The molecule has 28 heavy (non-hydrogen) atoms. The lowest BCUT2D eigenvalue weighted by Crippen LogP contribution is -2.11. The van der Waals surface area contributed by atoms with Crippen LogP contribution in [0, 0.1) is 30.5 Å². The first-order valence-corrected chi connectivity index (χ1v) is 10.1. The van der Waals surface area contributed by atoms with Crippen molar-refractivity contribution in [3.8, 4) is 11.8 Å². The van der Waals surface area contributed by atoms with E-state index >= 15 is 0 Å². The van der Waals surface area contributed by atoms with Crippen LogP contribution in [0.5, 0.6) is 0 Å². The van der Waals surface area contributed by atoms with E-state index in [-0.39, 0.29) is 5.82 Å². The number of rotatable bonds is 2. The second-order valence-corrected chi connectivity index (χ2v) is 7.87. The molecule has 0 saturated heterocycles. The Morgan fingerprint density at radius 3 is 2.39 bits per heavy atom. The number of halogens is 1. The van der Waals surface area contributed by atoms with Crippen LogP contribution < -0.4 is 0 Å². The molecule has 0 aliphatic heterocycles. The fourth-order valence-electron chi connectivity index (χ4n) is 4.13. The fourth-order valence-corrected chi connectivity index (χ4v) is 4.13. The van der Waals surface area contributed by atoms with Crippen molar-refractivity contribution in [3.05, 3.63) is 95.3 Å². The molecule has 0 radical (unpaired) electrons. The third kappa shape index (κ3) is 3.87. The molecule has 140 valence electrons. The van der Waals surface area contributed by atoms with Crippen molar-refractivity contribution < 1.29 is 4.39 Å². The van der Waals surface area contributed by atoms with Crippen LogP contribution in [0.1, 0.15) is 53.9 Å². The summed E-state index contributed by atoms with van der Waals surface area (Å²) in [5.74, 6) is 7.07. The molecule has 0 bridgehead atoms. The van der Waals surface area contributed by atoms with Crippen molar-refractivity contribution in [1.29, 1.82) is 0 Å². The minimum absolute atomic E-state index is 0.223. The Kier molecular flexibility index (Phi) is 5.31. The topological polar surface area (TPSA) is 0 Å². The van der Waals surface area contributed by atoms with Crippen LogP contribution >= 0.6 is 0 Å². The molecule has 0 spiro atoms. The summed E-state index contributed by atoms with van der Waals surface area (Å²) in [4.78, 5) is 0. The lowest BCUT2D eigenvalue weighted by Gasteiger charge is -2.27. The van der Waals surface area contributed by atoms with Gasteiger partial charge in [0, 0.05) is 10.9 Å². The molecule has 3 aromatic carbocycles. The summed E-state index contributed by atoms with van der Waals surface area (Å²) in [5.41, 5.74) is 3.87. The Hall–Kier alpha value is -2.85. The largest absolute Gasteiger partial charge is 0.205 e. The van der Waals surface area contributed by atoms with Crippen LogP contribution in [0.25, 0.3) is 10.8 Å². The van der Waals surface area contributed by atoms with Crippen molar-refractivity contribution in [3.63, 3.8) is 0 Å². The molecule has 1 saturated carbocycles. The lowest BCUT2D eigenvalue weighted by molar-refractivity contribution is 0.376. The first-order chi connectivity index (χ1) is 13.6. The second-order valence-electron chi connectivity index (χ2n) is 7.87. The standard InChI is InChI=1S/C27H25F/c1-3-20-8-11-22(12-9-20)24-16-17-26-25(18-24)15-14-23(27(26)28)13-10-21-6-4-19(2)5-7-21/h3-7,14-18,20,22H,1,8-9,11-12H2,2H3. The zero-order valence-corrected chi connectivity index (χ0v) is 16.3. The SMILES string of the molecule is C=CC1CCC(c2ccc3c(F)c(C#Cc4ccc(C)cc4)ccc3c2)CC1. The zero-order chi connectivity index (χ0) is 19.5. The molecule has 0 aromatic heterocycles. The monoisotopic (exact) mass is 368 g/mol. The molecule has 0 nitrogen and oxygen atoms in total. The number of hydrogen-bond donors (Lipinski definition) is 0. The van der Waals surface area contributed by atoms with E-state index in [1.807, 2.05) is 43.3 Å². The molecule has 1 fully saturated rings. The first-order valence-electron chi connectivity index (χ1n) is 10.1. The minimum Gasteiger partial charge on any atom is -0.205 e. The van der Waals surface area contributed by atoms with Gasteiger partial charge in [-0.2, -0.15) is 0 Å². The summed E-state index contributed by atoms with van der Waals surface area (Å²) in [6, 6.07) is 18.0. The molecule has 0 heterocycles. The highest BCUT2D eigenvalue weighted by atomic mass is 19.1. The van der Waals surface area contributed by atoms with Crippen LogP contribution in [0.3, 0.4) is 0 Å². The van der Waals surface area contributed by atoms with Crippen LogP contribution in [-0.2, 0) is 0 Å². The van der Waals surface area contributed by atoms with E-state index in [1.54, 1.807) is 6.07 Å². The number of benzene rings is 3. The van der Waals surface area contributed by atoms with E-state index in [4.69, 9.17) is 0 Å². The van der Waals surface area contributed by atoms with Gasteiger partial charge in [-0.05, 0) is 73.6 Å². The predicted molar refractivity (Wildman–Crippen MR) is 116 cm³/mol. The summed E-state index contributed by atoms with van der Waals surface area (Å²) < 4.78 is 15.0. The predicted octanol–water partition coefficient (Wildman–Crippen LogP) is 7.15. The van der Waals surface area contributed by atoms with E-state index in [9.17, 15) is 4.39 Å². The minimum atomic E-state index is -0.223. The van der Waals surface area contributed by atoms with Crippen molar-refractivity contribution in [1.82, 2.24) is 0 Å². The summed E-state index contributed by atoms with van der Waals surface area (Å²) in [6.45, 7) is 5.97. The van der Waals surface area contributed by atoms with E-state index in [1.165, 1.54) is 36.8 Å². The molecule has 4 rings (SSSR count). The first kappa shape index (κ1) is 18.5. The highest BCUT2D eigenvalue weighted by Crippen LogP contribution is 2.37. The van der Waals surface area contributed by atoms with E-state index in [0.29, 0.717) is 22.8 Å². The maximum Gasteiger partial charge on any atom is 0.146 e. The summed E-state index contributed by atoms with van der Waals surface area (Å²) >= 11 is 0. The Morgan fingerprint density at radius 1 is 0.929 bits per heavy atom. The van der Waals surface area contributed by atoms with Gasteiger partial charge < -0.3 is 0 Å². The van der Waals surface area contributed by atoms with Crippen molar-refractivity contribution in [2.75, 3.05) is 0 Å². The average molecular weight is 368 g/mol. The van der Waals surface area contributed by atoms with Gasteiger partial charge in [-0.3, -0.25) is 0 Å². The molecule has 1 aliphatic carbocycles. The summed E-state index contributed by atoms with van der Waals surface area (Å²) in [6.07, 6.45) is 6.86. The molecule has 1 aliphatic rings. The molecular formula is C27H25F. The van der Waals surface area contributed by atoms with Crippen LogP contribution in [0.2, 0.25) is 0 Å². The Labute approximate surface area is 167 Å². The summed E-state index contributed by atoms with van der Waals surface area (Å²) in [5, 5.41) is 1.61. The van der Waals surface area contributed by atoms with Gasteiger partial charge in [-0.25, -0.2) is 4.39 Å². The molecule has 0 atom stereocenters. The van der Waals surface area contributed by atoms with Gasteiger partial charge in [0.2, 0.25) is 0 Å². The van der Waals surface area contributed by atoms with Crippen molar-refractivity contribution >= 4 is 10.8 Å². The molecule has 0 unspecified atom stereocenters. The van der Waals surface area contributed by atoms with Crippen LogP contribution in [0.4, 0.5) is 4.39 Å². The van der Waals surface area contributed by atoms with Gasteiger partial charge in [0.1, 0.15) is 5.82 Å². The summed E-state index contributed by atoms with van der Waals surface area (Å²) in [7, 11) is 0. The van der Waals surface area contributed by atoms with Crippen LogP contribution in [-0.4, -0.2) is 0 Å². The maximum atomic E-state index is 15.0. The van der Waals surface area contributed by atoms with Gasteiger partial charge in [0.15, 0.2) is 0 Å². The number of fused-ring (bicyclic) bond motifs is 1. The van der Waals surface area contributed by atoms with E-state index in [2.05, 4.69) is 36.6 Å². The third-order valence-corrected chi connectivity index (χ3v) is 5.95. The fraction of sp³-hybridized carbons (Fsp3) is 0.259. The normalized spacial score (nSPS) is 19.1. The van der Waals surface area contributed by atoms with Gasteiger partial charge in [-0.15, -0.1) is 6.58 Å². The molecule has 0 amide bonds. The quantitative estimate of drug-likeness (QED) is 0.333. The molecule has 0 N–H and O–H groups in total. The van der Waals surface area contributed by atoms with Gasteiger partial charge in [0.25, 0.3) is 0 Å². The van der Waals surface area contributed by atoms with Crippen molar-refractivity contribution in [2.45, 2.75) is 38.5 Å². The van der Waals surface area contributed by atoms with Crippen molar-refractivity contribution in [2.24, 2.45) is 5.92 Å². The Balaban J connectivity index is 1.60. The molecule has 1 heteroatoms. The average Bonchev–Trinajstić information content (AvgIpc) is 2.74. The van der Waals surface area contributed by atoms with Crippen LogP contribution in [0.15, 0.2) is 67.3 Å². The number of hydrogen-bond acceptors (Lipinski definition) is 0. The highest BCUT2D eigenvalue weighted by Gasteiger charge is 2.21. The van der Waals surface area contributed by atoms with Gasteiger partial charge in [0.05, 0.1) is 5.56 Å². The molecule has 3 aromatic rings.